The Balaban J connectivity index is 3.20. The van der Waals surface area contributed by atoms with Crippen LogP contribution < -0.4 is 17.2 Å². The molecule has 0 spiro atoms. The number of aliphatic imine (C=N–C) groups is 2. The summed E-state index contributed by atoms with van der Waals surface area (Å²) in [6.45, 7) is 0. The Morgan fingerprint density at radius 2 is 1.62 bits per heavy atom. The fraction of sp³-hybridized carbons (Fsp3) is 0. The molecule has 8 heteroatoms. The van der Waals surface area contributed by atoms with Crippen LogP contribution in [0.5, 0.6) is 0 Å². The number of guanidine groups is 2. The molecule has 1 aromatic carbocycles. The van der Waals surface area contributed by atoms with Crippen LogP contribution >= 0.6 is 23.2 Å². The van der Waals surface area contributed by atoms with Crippen LogP contribution in [0, 0.1) is 5.82 Å². The molecule has 0 saturated heterocycles. The maximum Gasteiger partial charge on any atom is 0.223 e. The van der Waals surface area contributed by atoms with Crippen molar-refractivity contribution in [2.24, 2.45) is 27.2 Å². The molecule has 1 rings (SSSR count). The molecule has 0 heterocycles. The van der Waals surface area contributed by atoms with Gasteiger partial charge in [-0.25, -0.2) is 9.38 Å². The van der Waals surface area contributed by atoms with Crippen molar-refractivity contribution in [1.82, 2.24) is 0 Å². The normalized spacial score (nSPS) is 11.3. The molecule has 0 amide bonds. The Labute approximate surface area is 101 Å². The average molecular weight is 264 g/mol. The summed E-state index contributed by atoms with van der Waals surface area (Å²) in [7, 11) is 0. The number of halogens is 3. The Morgan fingerprint density at radius 3 is 2.06 bits per heavy atom. The van der Waals surface area contributed by atoms with Gasteiger partial charge in [0.2, 0.25) is 5.96 Å². The van der Waals surface area contributed by atoms with Gasteiger partial charge in [-0.05, 0) is 12.1 Å². The van der Waals surface area contributed by atoms with Crippen LogP contribution in [0.2, 0.25) is 10.0 Å². The van der Waals surface area contributed by atoms with Gasteiger partial charge in [0.05, 0.1) is 10.0 Å². The van der Waals surface area contributed by atoms with E-state index in [9.17, 15) is 4.39 Å². The third-order valence-electron chi connectivity index (χ3n) is 1.45. The minimum absolute atomic E-state index is 0.0127. The lowest BCUT2D eigenvalue weighted by atomic mass is 10.3. The van der Waals surface area contributed by atoms with Gasteiger partial charge in [0.15, 0.2) is 5.96 Å². The van der Waals surface area contributed by atoms with E-state index in [-0.39, 0.29) is 27.7 Å². The van der Waals surface area contributed by atoms with Crippen molar-refractivity contribution in [1.29, 1.82) is 0 Å². The van der Waals surface area contributed by atoms with Crippen molar-refractivity contribution in [3.05, 3.63) is 28.0 Å². The Bertz CT molecular complexity index is 444. The van der Waals surface area contributed by atoms with E-state index in [2.05, 4.69) is 9.98 Å². The van der Waals surface area contributed by atoms with E-state index in [0.29, 0.717) is 0 Å². The summed E-state index contributed by atoms with van der Waals surface area (Å²) in [5.41, 5.74) is 15.7. The van der Waals surface area contributed by atoms with E-state index in [1.54, 1.807) is 0 Å². The average Bonchev–Trinajstić information content (AvgIpc) is 2.09. The van der Waals surface area contributed by atoms with Crippen molar-refractivity contribution < 1.29 is 4.39 Å². The predicted molar refractivity (Wildman–Crippen MR) is 63.5 cm³/mol. The highest BCUT2D eigenvalue weighted by Crippen LogP contribution is 2.33. The van der Waals surface area contributed by atoms with Gasteiger partial charge in [0, 0.05) is 0 Å². The third-order valence-corrected chi connectivity index (χ3v) is 2.03. The molecule has 0 aliphatic heterocycles. The van der Waals surface area contributed by atoms with Gasteiger partial charge in [0.25, 0.3) is 0 Å². The minimum Gasteiger partial charge on any atom is -0.370 e. The first-order valence-electron chi connectivity index (χ1n) is 3.98. The zero-order valence-electron chi connectivity index (χ0n) is 7.92. The Hall–Kier alpha value is -1.53. The van der Waals surface area contributed by atoms with Gasteiger partial charge in [-0.3, -0.25) is 0 Å². The van der Waals surface area contributed by atoms with Gasteiger partial charge in [0.1, 0.15) is 11.5 Å². The fourth-order valence-electron chi connectivity index (χ4n) is 0.913. The minimum atomic E-state index is -0.575. The molecule has 0 atom stereocenters. The molecular weight excluding hydrogens is 256 g/mol. The predicted octanol–water partition coefficient (Wildman–Crippen LogP) is 1.35. The molecule has 0 aliphatic rings. The number of hydrogen-bond acceptors (Lipinski definition) is 1. The zero-order chi connectivity index (χ0) is 12.3. The van der Waals surface area contributed by atoms with Crippen LogP contribution in [0.4, 0.5) is 10.1 Å². The topological polar surface area (TPSA) is 103 Å². The summed E-state index contributed by atoms with van der Waals surface area (Å²) in [5, 5.41) is 0.0254. The van der Waals surface area contributed by atoms with E-state index in [0.717, 1.165) is 12.1 Å². The highest BCUT2D eigenvalue weighted by molar-refractivity contribution is 6.38. The zero-order valence-corrected chi connectivity index (χ0v) is 9.43. The molecule has 0 fully saturated rings. The van der Waals surface area contributed by atoms with E-state index in [4.69, 9.17) is 40.4 Å². The number of hydrogen-bond donors (Lipinski definition) is 3. The standard InChI is InChI=1S/C8H8Cl2FN5/c9-4-1-3(11)2-5(10)6(4)15-8(14)16-7(12)13/h1-2H,(H6,12,13,14,15,16). The van der Waals surface area contributed by atoms with E-state index in [1.165, 1.54) is 0 Å². The Kier molecular flexibility index (Phi) is 3.92. The summed E-state index contributed by atoms with van der Waals surface area (Å²) < 4.78 is 12.8. The van der Waals surface area contributed by atoms with Crippen molar-refractivity contribution in [3.63, 3.8) is 0 Å². The molecule has 6 N–H and O–H groups in total. The summed E-state index contributed by atoms with van der Waals surface area (Å²) in [5.74, 6) is -1.06. The smallest absolute Gasteiger partial charge is 0.223 e. The van der Waals surface area contributed by atoms with Crippen LogP contribution in [0.1, 0.15) is 0 Å². The van der Waals surface area contributed by atoms with E-state index < -0.39 is 5.82 Å². The van der Waals surface area contributed by atoms with Crippen LogP contribution in [0.3, 0.4) is 0 Å². The van der Waals surface area contributed by atoms with Crippen LogP contribution in [0.25, 0.3) is 0 Å². The molecule has 86 valence electrons. The van der Waals surface area contributed by atoms with E-state index in [1.807, 2.05) is 0 Å². The van der Waals surface area contributed by atoms with Gasteiger partial charge >= 0.3 is 0 Å². The first kappa shape index (κ1) is 12.5. The fourth-order valence-corrected chi connectivity index (χ4v) is 1.46. The summed E-state index contributed by atoms with van der Waals surface area (Å²) in [4.78, 5) is 7.22. The van der Waals surface area contributed by atoms with Crippen molar-refractivity contribution in [2.75, 3.05) is 0 Å². The largest absolute Gasteiger partial charge is 0.370 e. The first-order valence-corrected chi connectivity index (χ1v) is 4.74. The second-order valence-electron chi connectivity index (χ2n) is 2.72. The lowest BCUT2D eigenvalue weighted by Crippen LogP contribution is -2.26. The highest BCUT2D eigenvalue weighted by atomic mass is 35.5. The second kappa shape index (κ2) is 5.00. The molecule has 0 unspecified atom stereocenters. The molecule has 0 bridgehead atoms. The number of nitrogens with zero attached hydrogens (tertiary/aromatic N) is 2. The molecule has 1 aromatic rings. The first-order chi connectivity index (χ1) is 7.40. The molecule has 16 heavy (non-hydrogen) atoms. The maximum atomic E-state index is 12.8. The van der Waals surface area contributed by atoms with Crippen LogP contribution in [-0.2, 0) is 0 Å². The monoisotopic (exact) mass is 263 g/mol. The van der Waals surface area contributed by atoms with Crippen molar-refractivity contribution >= 4 is 40.8 Å². The quantitative estimate of drug-likeness (QED) is 0.526. The maximum absolute atomic E-state index is 12.8. The van der Waals surface area contributed by atoms with Gasteiger partial charge < -0.3 is 17.2 Å². The number of nitrogens with two attached hydrogens (primary N) is 3. The van der Waals surface area contributed by atoms with E-state index >= 15 is 0 Å². The lowest BCUT2D eigenvalue weighted by molar-refractivity contribution is 0.628. The number of benzene rings is 1. The van der Waals surface area contributed by atoms with Gasteiger partial charge in [-0.15, -0.1) is 0 Å². The molecular formula is C8H8Cl2FN5. The molecule has 0 aromatic heterocycles. The Morgan fingerprint density at radius 1 is 1.12 bits per heavy atom. The van der Waals surface area contributed by atoms with Gasteiger partial charge in [-0.1, -0.05) is 23.2 Å². The summed E-state index contributed by atoms with van der Waals surface area (Å²) in [6.07, 6.45) is 0. The molecule has 0 saturated carbocycles. The molecule has 0 radical (unpaired) electrons. The van der Waals surface area contributed by atoms with Crippen molar-refractivity contribution in [3.8, 4) is 0 Å². The summed E-state index contributed by atoms with van der Waals surface area (Å²) >= 11 is 11.4. The summed E-state index contributed by atoms with van der Waals surface area (Å²) in [6, 6.07) is 2.10. The van der Waals surface area contributed by atoms with Crippen LogP contribution in [0.15, 0.2) is 22.1 Å². The third kappa shape index (κ3) is 3.25. The molecule has 5 nitrogen and oxygen atoms in total. The second-order valence-corrected chi connectivity index (χ2v) is 3.54. The van der Waals surface area contributed by atoms with Crippen LogP contribution in [-0.4, -0.2) is 11.9 Å². The highest BCUT2D eigenvalue weighted by Gasteiger charge is 2.08. The number of rotatable bonds is 1. The van der Waals surface area contributed by atoms with Gasteiger partial charge in [-0.2, -0.15) is 4.99 Å². The van der Waals surface area contributed by atoms with Crippen molar-refractivity contribution in [2.45, 2.75) is 0 Å². The SMILES string of the molecule is NC(N)=NC(N)=Nc1c(Cl)cc(F)cc1Cl. The lowest BCUT2D eigenvalue weighted by Gasteiger charge is -2.02. The molecule has 0 aliphatic carbocycles.